The minimum atomic E-state index is -1.65. The van der Waals surface area contributed by atoms with E-state index in [0.717, 1.165) is 0 Å². The molecule has 1 rings (SSSR count). The van der Waals surface area contributed by atoms with Crippen molar-refractivity contribution in [2.75, 3.05) is 6.54 Å². The number of carbonyl (C=O) groups is 6. The molecule has 32 heavy (non-hydrogen) atoms. The summed E-state index contributed by atoms with van der Waals surface area (Å²) in [6.07, 6.45) is -1.45. The zero-order valence-corrected chi connectivity index (χ0v) is 17.7. The molecule has 0 spiro atoms. The zero-order valence-electron chi connectivity index (χ0n) is 17.7. The number of nitrogens with one attached hydrogen (secondary N) is 2. The van der Waals surface area contributed by atoms with Gasteiger partial charge in [0.25, 0.3) is 0 Å². The second kappa shape index (κ2) is 12.0. The number of nitrogens with two attached hydrogens (primary N) is 3. The number of aliphatic hydroxyl groups excluding tert-OH is 1. The molecule has 180 valence electrons. The number of aliphatic hydroxyl groups is 1. The number of carboxylic acid groups (broad SMARTS) is 1. The molecule has 1 fully saturated rings. The molecule has 10 N–H and O–H groups in total. The summed E-state index contributed by atoms with van der Waals surface area (Å²) in [4.78, 5) is 72.1. The Balaban J connectivity index is 2.86. The maximum atomic E-state index is 12.8. The monoisotopic (exact) mass is 458 g/mol. The lowest BCUT2D eigenvalue weighted by Crippen LogP contribution is -2.59. The normalized spacial score (nSPS) is 19.3. The predicted molar refractivity (Wildman–Crippen MR) is 108 cm³/mol. The van der Waals surface area contributed by atoms with Crippen molar-refractivity contribution in [3.8, 4) is 0 Å². The summed E-state index contributed by atoms with van der Waals surface area (Å²) in [7, 11) is 0. The van der Waals surface area contributed by atoms with Gasteiger partial charge in [0.05, 0.1) is 18.6 Å². The van der Waals surface area contributed by atoms with Crippen molar-refractivity contribution in [2.24, 2.45) is 17.2 Å². The Labute approximate surface area is 183 Å². The second-order valence-electron chi connectivity index (χ2n) is 7.60. The van der Waals surface area contributed by atoms with E-state index in [9.17, 15) is 33.9 Å². The fourth-order valence-electron chi connectivity index (χ4n) is 3.25. The number of likely N-dealkylation sites (tertiary alicyclic amines) is 1. The fourth-order valence-corrected chi connectivity index (χ4v) is 3.25. The molecular formula is C18H30N6O8. The number of carbonyl (C=O) groups excluding carboxylic acids is 5. The number of aliphatic carboxylic acids is 1. The molecule has 5 atom stereocenters. The number of primary amides is 2. The first-order valence-corrected chi connectivity index (χ1v) is 9.99. The summed E-state index contributed by atoms with van der Waals surface area (Å²) in [6, 6.07) is -5.22. The topological polar surface area (TPSA) is 248 Å². The quantitative estimate of drug-likeness (QED) is 0.150. The van der Waals surface area contributed by atoms with Crippen LogP contribution in [0.25, 0.3) is 0 Å². The molecule has 0 saturated carbocycles. The lowest BCUT2D eigenvalue weighted by molar-refractivity contribution is -0.145. The summed E-state index contributed by atoms with van der Waals surface area (Å²) in [6.45, 7) is 1.43. The van der Waals surface area contributed by atoms with Crippen molar-refractivity contribution >= 4 is 35.5 Å². The van der Waals surface area contributed by atoms with Crippen LogP contribution >= 0.6 is 0 Å². The molecule has 1 heterocycles. The van der Waals surface area contributed by atoms with Gasteiger partial charge in [-0.05, 0) is 26.2 Å². The van der Waals surface area contributed by atoms with Crippen LogP contribution in [0.15, 0.2) is 0 Å². The fraction of sp³-hybridized carbons (Fsp3) is 0.667. The molecule has 0 aliphatic carbocycles. The van der Waals surface area contributed by atoms with Gasteiger partial charge in [-0.3, -0.25) is 24.0 Å². The van der Waals surface area contributed by atoms with Crippen LogP contribution in [0.2, 0.25) is 0 Å². The summed E-state index contributed by atoms with van der Waals surface area (Å²) in [5, 5.41) is 23.4. The smallest absolute Gasteiger partial charge is 0.326 e. The molecule has 14 heteroatoms. The number of hydrogen-bond acceptors (Lipinski definition) is 8. The molecule has 5 unspecified atom stereocenters. The number of carboxylic acids is 1. The first-order valence-electron chi connectivity index (χ1n) is 9.99. The highest BCUT2D eigenvalue weighted by Crippen LogP contribution is 2.19. The average Bonchev–Trinajstić information content (AvgIpc) is 3.17. The first-order chi connectivity index (χ1) is 14.8. The van der Waals surface area contributed by atoms with Crippen LogP contribution in [0.5, 0.6) is 0 Å². The van der Waals surface area contributed by atoms with Gasteiger partial charge < -0.3 is 42.9 Å². The number of rotatable bonds is 12. The Hall–Kier alpha value is -3.26. The highest BCUT2D eigenvalue weighted by atomic mass is 16.4. The summed E-state index contributed by atoms with van der Waals surface area (Å²) < 4.78 is 0. The van der Waals surface area contributed by atoms with E-state index >= 15 is 0 Å². The van der Waals surface area contributed by atoms with Crippen molar-refractivity contribution in [3.63, 3.8) is 0 Å². The molecule has 0 aromatic rings. The summed E-state index contributed by atoms with van der Waals surface area (Å²) >= 11 is 0. The first kappa shape index (κ1) is 26.8. The Morgan fingerprint density at radius 2 is 1.72 bits per heavy atom. The van der Waals surface area contributed by atoms with E-state index in [4.69, 9.17) is 22.3 Å². The van der Waals surface area contributed by atoms with E-state index in [0.29, 0.717) is 6.42 Å². The van der Waals surface area contributed by atoms with Crippen molar-refractivity contribution < 1.29 is 39.0 Å². The van der Waals surface area contributed by atoms with Crippen LogP contribution in [0, 0.1) is 0 Å². The van der Waals surface area contributed by atoms with Crippen LogP contribution in [-0.4, -0.2) is 87.4 Å². The van der Waals surface area contributed by atoms with Gasteiger partial charge in [-0.15, -0.1) is 0 Å². The molecule has 14 nitrogen and oxygen atoms in total. The van der Waals surface area contributed by atoms with E-state index in [1.807, 2.05) is 5.32 Å². The molecule has 1 aliphatic rings. The molecule has 5 amide bonds. The van der Waals surface area contributed by atoms with Crippen molar-refractivity contribution in [1.29, 1.82) is 0 Å². The predicted octanol–water partition coefficient (Wildman–Crippen LogP) is -4.12. The molecule has 0 aromatic heterocycles. The Bertz CT molecular complexity index is 758. The van der Waals surface area contributed by atoms with Gasteiger partial charge in [0, 0.05) is 13.0 Å². The molecule has 1 aliphatic heterocycles. The van der Waals surface area contributed by atoms with Gasteiger partial charge in [-0.1, -0.05) is 0 Å². The van der Waals surface area contributed by atoms with Gasteiger partial charge in [0.15, 0.2) is 0 Å². The van der Waals surface area contributed by atoms with Crippen LogP contribution in [0.1, 0.15) is 39.0 Å². The van der Waals surface area contributed by atoms with E-state index in [1.165, 1.54) is 11.8 Å². The maximum Gasteiger partial charge on any atom is 0.326 e. The van der Waals surface area contributed by atoms with E-state index in [1.54, 1.807) is 0 Å². The van der Waals surface area contributed by atoms with E-state index < -0.39 is 72.2 Å². The molecule has 0 bridgehead atoms. The maximum absolute atomic E-state index is 12.8. The lowest BCUT2D eigenvalue weighted by Gasteiger charge is -2.29. The van der Waals surface area contributed by atoms with Gasteiger partial charge in [0.1, 0.15) is 18.1 Å². The lowest BCUT2D eigenvalue weighted by atomic mass is 10.1. The summed E-state index contributed by atoms with van der Waals surface area (Å²) in [5.41, 5.74) is 15.8. The molecule has 0 aromatic carbocycles. The number of amides is 5. The number of hydrogen-bond donors (Lipinski definition) is 7. The van der Waals surface area contributed by atoms with Crippen LogP contribution in [0.3, 0.4) is 0 Å². The van der Waals surface area contributed by atoms with Gasteiger partial charge in [-0.2, -0.15) is 0 Å². The highest BCUT2D eigenvalue weighted by Gasteiger charge is 2.38. The van der Waals surface area contributed by atoms with Gasteiger partial charge >= 0.3 is 5.97 Å². The third kappa shape index (κ3) is 7.77. The second-order valence-corrected chi connectivity index (χ2v) is 7.60. The van der Waals surface area contributed by atoms with E-state index in [-0.39, 0.29) is 25.8 Å². The largest absolute Gasteiger partial charge is 0.480 e. The Morgan fingerprint density at radius 1 is 1.09 bits per heavy atom. The van der Waals surface area contributed by atoms with Crippen LogP contribution in [0.4, 0.5) is 0 Å². The molecule has 0 radical (unpaired) electrons. The minimum absolute atomic E-state index is 0.00809. The zero-order chi connectivity index (χ0) is 24.6. The highest BCUT2D eigenvalue weighted by molar-refractivity contribution is 5.95. The Kier molecular flexibility index (Phi) is 10.00. The average molecular weight is 458 g/mol. The van der Waals surface area contributed by atoms with Crippen molar-refractivity contribution in [2.45, 2.75) is 69.3 Å². The minimum Gasteiger partial charge on any atom is -0.480 e. The van der Waals surface area contributed by atoms with Crippen molar-refractivity contribution in [1.82, 2.24) is 15.5 Å². The van der Waals surface area contributed by atoms with Gasteiger partial charge in [-0.25, -0.2) is 4.79 Å². The Morgan fingerprint density at radius 3 is 2.22 bits per heavy atom. The standard InChI is InChI=1S/C18H30N6O8/c1-8(25)14(16(29)22-10(18(31)32)7-13(21)27)23-15(28)11-3-2-6-24(11)17(30)9(19)4-5-12(20)26/h8-11,14,25H,2-7,19H2,1H3,(H2,20,26)(H2,21,27)(H,22,29)(H,23,28)(H,31,32). The third-order valence-electron chi connectivity index (χ3n) is 4.94. The summed E-state index contributed by atoms with van der Waals surface area (Å²) in [5.74, 6) is -5.47. The van der Waals surface area contributed by atoms with E-state index in [2.05, 4.69) is 5.32 Å². The van der Waals surface area contributed by atoms with Gasteiger partial charge in [0.2, 0.25) is 29.5 Å². The van der Waals surface area contributed by atoms with Crippen LogP contribution in [-0.2, 0) is 28.8 Å². The third-order valence-corrected chi connectivity index (χ3v) is 4.94. The van der Waals surface area contributed by atoms with Crippen LogP contribution < -0.4 is 27.8 Å². The number of nitrogens with zero attached hydrogens (tertiary/aromatic N) is 1. The molecular weight excluding hydrogens is 428 g/mol. The molecule has 1 saturated heterocycles. The SMILES string of the molecule is CC(O)C(NC(=O)C1CCCN1C(=O)C(N)CCC(N)=O)C(=O)NC(CC(N)=O)C(=O)O. The van der Waals surface area contributed by atoms with Crippen molar-refractivity contribution in [3.05, 3.63) is 0 Å².